The average molecular weight is 333 g/mol. The van der Waals surface area contributed by atoms with Crippen molar-refractivity contribution in [3.8, 4) is 0 Å². The summed E-state index contributed by atoms with van der Waals surface area (Å²) in [5, 5.41) is 0. The predicted molar refractivity (Wildman–Crippen MR) is 105 cm³/mol. The highest BCUT2D eigenvalue weighted by Crippen LogP contribution is 2.47. The highest BCUT2D eigenvalue weighted by atomic mass is 29.9. The fourth-order valence-corrected chi connectivity index (χ4v) is 109. The SMILES string of the molecule is CC(C)[Si](C(C)C)(C(C)C)[SiH]([Si](C)(C)C)[Si](C)(C)C. The molecule has 0 radical (unpaired) electrons. The van der Waals surface area contributed by atoms with Gasteiger partial charge in [-0.15, -0.1) is 0 Å². The maximum atomic E-state index is 2.71. The molecule has 0 aliphatic carbocycles. The Bertz CT molecular complexity index is 246. The first-order chi connectivity index (χ1) is 8.20. The van der Waals surface area contributed by atoms with Gasteiger partial charge in [-0.3, -0.25) is 0 Å². The van der Waals surface area contributed by atoms with Gasteiger partial charge >= 0.3 is 0 Å². The lowest BCUT2D eigenvalue weighted by Crippen LogP contribution is -2.76. The molecule has 0 unspecified atom stereocenters. The topological polar surface area (TPSA) is 0 Å². The van der Waals surface area contributed by atoms with Crippen LogP contribution in [0.25, 0.3) is 0 Å². The van der Waals surface area contributed by atoms with E-state index in [0.29, 0.717) is 0 Å². The number of hydrogen-bond acceptors (Lipinski definition) is 0. The lowest BCUT2D eigenvalue weighted by molar-refractivity contribution is 0.846. The van der Waals surface area contributed by atoms with Crippen LogP contribution in [0, 0.1) is 0 Å². The van der Waals surface area contributed by atoms with Crippen molar-refractivity contribution in [1.29, 1.82) is 0 Å². The molecule has 0 aromatic rings. The first kappa shape index (κ1) is 19.9. The summed E-state index contributed by atoms with van der Waals surface area (Å²) in [5.41, 5.74) is 2.92. The third-order valence-electron chi connectivity index (χ3n) is 5.23. The molecule has 0 rings (SSSR count). The van der Waals surface area contributed by atoms with Crippen LogP contribution in [-0.4, -0.2) is 30.1 Å². The zero-order chi connectivity index (χ0) is 15.8. The summed E-state index contributed by atoms with van der Waals surface area (Å²) in [6.07, 6.45) is 0. The Morgan fingerprint density at radius 3 is 0.789 bits per heavy atom. The normalized spacial score (nSPS) is 15.2. The van der Waals surface area contributed by atoms with Crippen LogP contribution in [0.1, 0.15) is 41.5 Å². The van der Waals surface area contributed by atoms with Gasteiger partial charge < -0.3 is 0 Å². The van der Waals surface area contributed by atoms with E-state index in [-0.39, 0.29) is 0 Å². The largest absolute Gasteiger partial charge is 0.0721 e. The minimum Gasteiger partial charge on any atom is -0.0721 e. The molecule has 0 heterocycles. The van der Waals surface area contributed by atoms with Crippen LogP contribution >= 0.6 is 0 Å². The standard InChI is InChI=1S/C15H40Si4/c1-13(2)19(14(3)4,15(5)6)16(17(7,8)9)18(10,11)12/h13-16H,1-12H3. The third-order valence-corrected chi connectivity index (χ3v) is 75.3. The molecule has 0 saturated carbocycles. The quantitative estimate of drug-likeness (QED) is 0.539. The summed E-state index contributed by atoms with van der Waals surface area (Å²) < 4.78 is 0. The highest BCUT2D eigenvalue weighted by molar-refractivity contribution is 7.82. The van der Waals surface area contributed by atoms with Crippen molar-refractivity contribution in [1.82, 2.24) is 0 Å². The van der Waals surface area contributed by atoms with Crippen LogP contribution in [0.15, 0.2) is 0 Å². The van der Waals surface area contributed by atoms with Crippen LogP contribution in [0.2, 0.25) is 55.9 Å². The van der Waals surface area contributed by atoms with Crippen LogP contribution < -0.4 is 0 Å². The molecule has 19 heavy (non-hydrogen) atoms. The average Bonchev–Trinajstić information content (AvgIpc) is 2.07. The summed E-state index contributed by atoms with van der Waals surface area (Å²) in [6.45, 7) is 31.7. The molecule has 0 spiro atoms. The monoisotopic (exact) mass is 332 g/mol. The van der Waals surface area contributed by atoms with Crippen LogP contribution in [0.3, 0.4) is 0 Å². The van der Waals surface area contributed by atoms with Gasteiger partial charge in [-0.1, -0.05) is 97.4 Å². The summed E-state index contributed by atoms with van der Waals surface area (Å²) in [6, 6.07) is 0. The molecule has 0 bridgehead atoms. The second-order valence-electron chi connectivity index (χ2n) is 9.63. The summed E-state index contributed by atoms with van der Waals surface area (Å²) >= 11 is 0. The molecule has 0 aliphatic rings. The molecule has 4 heteroatoms. The molecule has 0 aromatic heterocycles. The Balaban J connectivity index is 6.21. The van der Waals surface area contributed by atoms with Gasteiger partial charge in [0, 0.05) is 30.1 Å². The van der Waals surface area contributed by atoms with Gasteiger partial charge in [-0.05, 0) is 0 Å². The Morgan fingerprint density at radius 1 is 0.526 bits per heavy atom. The maximum absolute atomic E-state index is 2.71. The smallest absolute Gasteiger partial charge is 0.0466 e. The van der Waals surface area contributed by atoms with E-state index >= 15 is 0 Å². The van der Waals surface area contributed by atoms with Gasteiger partial charge in [0.05, 0.1) is 0 Å². The molecule has 0 saturated heterocycles. The molecule has 0 amide bonds. The van der Waals surface area contributed by atoms with Crippen molar-refractivity contribution in [3.63, 3.8) is 0 Å². The van der Waals surface area contributed by atoms with Crippen molar-refractivity contribution >= 4 is 30.1 Å². The zero-order valence-corrected chi connectivity index (χ0v) is 20.0. The van der Waals surface area contributed by atoms with Crippen LogP contribution in [-0.2, 0) is 0 Å². The zero-order valence-electron chi connectivity index (χ0n) is 15.8. The van der Waals surface area contributed by atoms with Gasteiger partial charge in [0.25, 0.3) is 0 Å². The molecule has 0 fully saturated rings. The second-order valence-corrected chi connectivity index (χ2v) is 49.2. The van der Waals surface area contributed by atoms with E-state index in [9.17, 15) is 0 Å². The van der Waals surface area contributed by atoms with E-state index in [1.807, 2.05) is 0 Å². The lowest BCUT2D eigenvalue weighted by Gasteiger charge is -2.57. The maximum Gasteiger partial charge on any atom is 0.0466 e. The summed E-state index contributed by atoms with van der Waals surface area (Å²) in [5.74, 6) is 0. The van der Waals surface area contributed by atoms with Crippen LogP contribution in [0.4, 0.5) is 0 Å². The molecule has 0 N–H and O–H groups in total. The van der Waals surface area contributed by atoms with Gasteiger partial charge in [-0.25, -0.2) is 0 Å². The molecular weight excluding hydrogens is 293 g/mol. The van der Waals surface area contributed by atoms with E-state index in [2.05, 4.69) is 80.8 Å². The lowest BCUT2D eigenvalue weighted by atomic mass is 10.5. The van der Waals surface area contributed by atoms with Crippen molar-refractivity contribution in [2.24, 2.45) is 0 Å². The summed E-state index contributed by atoms with van der Waals surface area (Å²) in [4.78, 5) is 0. The van der Waals surface area contributed by atoms with E-state index in [1.54, 1.807) is 0 Å². The Kier molecular flexibility index (Phi) is 6.61. The first-order valence-corrected chi connectivity index (χ1v) is 22.9. The Labute approximate surface area is 127 Å². The van der Waals surface area contributed by atoms with E-state index in [1.165, 1.54) is 0 Å². The van der Waals surface area contributed by atoms with Gasteiger partial charge in [0.15, 0.2) is 0 Å². The van der Waals surface area contributed by atoms with Gasteiger partial charge in [-0.2, -0.15) is 0 Å². The second kappa shape index (κ2) is 6.32. The molecule has 0 nitrogen and oxygen atoms in total. The van der Waals surface area contributed by atoms with Crippen molar-refractivity contribution in [2.75, 3.05) is 0 Å². The summed E-state index contributed by atoms with van der Waals surface area (Å²) in [7, 11) is -3.75. The van der Waals surface area contributed by atoms with Gasteiger partial charge in [0.2, 0.25) is 0 Å². The molecule has 116 valence electrons. The van der Waals surface area contributed by atoms with Crippen molar-refractivity contribution in [2.45, 2.75) is 97.4 Å². The highest BCUT2D eigenvalue weighted by Gasteiger charge is 2.57. The van der Waals surface area contributed by atoms with E-state index < -0.39 is 30.1 Å². The Morgan fingerprint density at radius 2 is 0.737 bits per heavy atom. The Hall–Kier alpha value is 0.868. The van der Waals surface area contributed by atoms with E-state index in [0.717, 1.165) is 16.6 Å². The first-order valence-electron chi connectivity index (χ1n) is 8.20. The van der Waals surface area contributed by atoms with Gasteiger partial charge in [0.1, 0.15) is 0 Å². The molecule has 0 atom stereocenters. The third kappa shape index (κ3) is 3.95. The molecule has 0 aliphatic heterocycles. The number of hydrogen-bond donors (Lipinski definition) is 0. The van der Waals surface area contributed by atoms with Crippen LogP contribution in [0.5, 0.6) is 0 Å². The minimum absolute atomic E-state index is 0.618. The van der Waals surface area contributed by atoms with Crippen molar-refractivity contribution < 1.29 is 0 Å². The van der Waals surface area contributed by atoms with E-state index in [4.69, 9.17) is 0 Å². The molecular formula is C15H40Si4. The predicted octanol–water partition coefficient (Wildman–Crippen LogP) is 5.80. The minimum atomic E-state index is -1.17. The van der Waals surface area contributed by atoms with Crippen molar-refractivity contribution in [3.05, 3.63) is 0 Å². The fourth-order valence-electron chi connectivity index (χ4n) is 5.80. The molecule has 0 aromatic carbocycles. The number of rotatable bonds is 6. The fraction of sp³-hybridized carbons (Fsp3) is 1.00.